The Balaban J connectivity index is 0.000000182. The second kappa shape index (κ2) is 7.21. The van der Waals surface area contributed by atoms with Crippen LogP contribution >= 0.6 is 34.8 Å². The minimum Gasteiger partial charge on any atom is -0.504 e. The molecule has 4 aliphatic rings. The number of benzene rings is 1. The number of piperidine rings is 1. The smallest absolute Gasteiger partial charge is 0.227 e. The van der Waals surface area contributed by atoms with Gasteiger partial charge in [0.25, 0.3) is 0 Å². The average molecular weight is 470 g/mol. The van der Waals surface area contributed by atoms with Crippen LogP contribution < -0.4 is 4.74 Å². The van der Waals surface area contributed by atoms with Gasteiger partial charge in [-0.05, 0) is 72.9 Å². The number of halogens is 3. The topological polar surface area (TPSA) is 91.6 Å². The first-order chi connectivity index (χ1) is 14.3. The summed E-state index contributed by atoms with van der Waals surface area (Å²) in [5, 5.41) is 20.6. The summed E-state index contributed by atoms with van der Waals surface area (Å²) < 4.78 is 6.09. The predicted molar refractivity (Wildman–Crippen MR) is 112 cm³/mol. The van der Waals surface area contributed by atoms with Gasteiger partial charge in [-0.25, -0.2) is 0 Å². The highest BCUT2D eigenvalue weighted by molar-refractivity contribution is 6.33. The van der Waals surface area contributed by atoms with Crippen molar-refractivity contribution in [3.8, 4) is 11.5 Å². The molecule has 10 heteroatoms. The van der Waals surface area contributed by atoms with Gasteiger partial charge in [0.1, 0.15) is 12.2 Å². The van der Waals surface area contributed by atoms with E-state index in [4.69, 9.17) is 39.5 Å². The molecule has 5 atom stereocenters. The second-order valence-electron chi connectivity index (χ2n) is 8.07. The molecule has 0 saturated carbocycles. The van der Waals surface area contributed by atoms with Crippen molar-refractivity contribution in [2.75, 3.05) is 13.6 Å². The van der Waals surface area contributed by atoms with Gasteiger partial charge >= 0.3 is 0 Å². The molecule has 1 saturated heterocycles. The molecule has 1 spiro atoms. The Hall–Kier alpha value is -1.64. The maximum Gasteiger partial charge on any atom is 0.227 e. The number of phenolic OH excluding ortho intramolecular Hbond substituents is 1. The highest BCUT2D eigenvalue weighted by atomic mass is 35.5. The van der Waals surface area contributed by atoms with Gasteiger partial charge in [-0.1, -0.05) is 18.2 Å². The van der Waals surface area contributed by atoms with Crippen LogP contribution in [0.3, 0.4) is 0 Å². The summed E-state index contributed by atoms with van der Waals surface area (Å²) in [6.07, 6.45) is 5.18. The lowest BCUT2D eigenvalue weighted by Crippen LogP contribution is -2.64. The van der Waals surface area contributed by atoms with E-state index in [-0.39, 0.29) is 33.1 Å². The summed E-state index contributed by atoms with van der Waals surface area (Å²) >= 11 is 16.0. The third kappa shape index (κ3) is 2.91. The van der Waals surface area contributed by atoms with Crippen LogP contribution in [-0.4, -0.2) is 61.9 Å². The fourth-order valence-corrected chi connectivity index (χ4v) is 6.15. The second-order valence-corrected chi connectivity index (χ2v) is 9.09. The fraction of sp³-hybridized carbons (Fsp3) is 0.450. The molecule has 6 rings (SSSR count). The van der Waals surface area contributed by atoms with Crippen LogP contribution in [0, 0.1) is 5.92 Å². The number of aliphatic hydroxyl groups is 1. The van der Waals surface area contributed by atoms with E-state index in [1.807, 2.05) is 12.1 Å². The van der Waals surface area contributed by atoms with Crippen molar-refractivity contribution in [3.63, 3.8) is 0 Å². The number of hydrogen-bond acceptors (Lipinski definition) is 7. The van der Waals surface area contributed by atoms with Crippen LogP contribution in [0.15, 0.2) is 24.3 Å². The summed E-state index contributed by atoms with van der Waals surface area (Å²) in [6, 6.07) is 4.23. The van der Waals surface area contributed by atoms with Crippen molar-refractivity contribution in [1.82, 2.24) is 19.9 Å². The molecular weight excluding hydrogens is 451 g/mol. The fourth-order valence-electron chi connectivity index (χ4n) is 5.54. The molecule has 2 aromatic rings. The number of ether oxygens (including phenoxy) is 1. The van der Waals surface area contributed by atoms with E-state index in [1.165, 1.54) is 11.1 Å². The third-order valence-corrected chi connectivity index (χ3v) is 7.21. The molecule has 1 fully saturated rings. The minimum atomic E-state index is -0.594. The lowest BCUT2D eigenvalue weighted by atomic mass is 9.53. The Bertz CT molecular complexity index is 1000. The number of aromatic nitrogens is 3. The number of likely N-dealkylation sites (tertiary alicyclic amines) is 1. The summed E-state index contributed by atoms with van der Waals surface area (Å²) in [7, 11) is 2.19. The monoisotopic (exact) mass is 468 g/mol. The largest absolute Gasteiger partial charge is 0.504 e. The van der Waals surface area contributed by atoms with Gasteiger partial charge in [0.05, 0.1) is 0 Å². The number of nitrogens with zero attached hydrogens (tertiary/aromatic N) is 4. The molecule has 7 nitrogen and oxygen atoms in total. The molecule has 1 aromatic heterocycles. The summed E-state index contributed by atoms with van der Waals surface area (Å²) in [4.78, 5) is 12.8. The molecular formula is C20H19Cl3N4O3. The van der Waals surface area contributed by atoms with Crippen molar-refractivity contribution in [2.24, 2.45) is 5.92 Å². The lowest BCUT2D eigenvalue weighted by Gasteiger charge is -2.56. The van der Waals surface area contributed by atoms with Crippen LogP contribution in [0.4, 0.5) is 0 Å². The number of aromatic hydroxyl groups is 1. The average Bonchev–Trinajstić information content (AvgIpc) is 3.03. The van der Waals surface area contributed by atoms with Crippen molar-refractivity contribution in [2.45, 2.75) is 36.5 Å². The highest BCUT2D eigenvalue weighted by Gasteiger charge is 2.64. The predicted octanol–water partition coefficient (Wildman–Crippen LogP) is 3.03. The molecule has 2 bridgehead atoms. The zero-order valence-corrected chi connectivity index (χ0v) is 18.2. The molecule has 1 aromatic carbocycles. The van der Waals surface area contributed by atoms with Crippen LogP contribution in [-0.2, 0) is 11.8 Å². The molecule has 0 unspecified atom stereocenters. The van der Waals surface area contributed by atoms with E-state index in [0.29, 0.717) is 17.7 Å². The minimum absolute atomic E-state index is 0.000000000000000444. The van der Waals surface area contributed by atoms with Gasteiger partial charge < -0.3 is 19.8 Å². The highest BCUT2D eigenvalue weighted by Crippen LogP contribution is 2.62. The van der Waals surface area contributed by atoms with Gasteiger partial charge in [-0.15, -0.1) is 0 Å². The molecule has 2 N–H and O–H groups in total. The van der Waals surface area contributed by atoms with Crippen LogP contribution in [0.5, 0.6) is 11.5 Å². The SMILES string of the molecule is CN1CC[C@]23c4c5ccc(O)c4O[C@H]2[C@@H](O)C=C[C@H]3[C@H]1C5.Clc1nc(Cl)nc(Cl)n1. The van der Waals surface area contributed by atoms with Gasteiger partial charge in [-0.2, -0.15) is 15.0 Å². The Morgan fingerprint density at radius 1 is 1.10 bits per heavy atom. The van der Waals surface area contributed by atoms with Crippen LogP contribution in [0.1, 0.15) is 17.5 Å². The lowest BCUT2D eigenvalue weighted by molar-refractivity contribution is -0.0453. The first-order valence-electron chi connectivity index (χ1n) is 9.62. The molecule has 0 radical (unpaired) electrons. The van der Waals surface area contributed by atoms with Crippen molar-refractivity contribution < 1.29 is 14.9 Å². The van der Waals surface area contributed by atoms with Gasteiger partial charge in [0.15, 0.2) is 11.5 Å². The van der Waals surface area contributed by atoms with Crippen LogP contribution in [0.2, 0.25) is 15.9 Å². The van der Waals surface area contributed by atoms with E-state index < -0.39 is 6.10 Å². The Morgan fingerprint density at radius 3 is 2.43 bits per heavy atom. The van der Waals surface area contributed by atoms with E-state index in [1.54, 1.807) is 6.07 Å². The zero-order chi connectivity index (χ0) is 21.2. The van der Waals surface area contributed by atoms with E-state index in [2.05, 4.69) is 33.0 Å². The van der Waals surface area contributed by atoms with E-state index in [9.17, 15) is 10.2 Å². The maximum absolute atomic E-state index is 10.4. The third-order valence-electron chi connectivity index (χ3n) is 6.70. The number of likely N-dealkylation sites (N-methyl/N-ethyl adjacent to an activating group) is 1. The molecule has 158 valence electrons. The summed E-state index contributed by atoms with van der Waals surface area (Å²) in [5.74, 6) is 1.19. The van der Waals surface area contributed by atoms with Crippen LogP contribution in [0.25, 0.3) is 0 Å². The van der Waals surface area contributed by atoms with Gasteiger partial charge in [0.2, 0.25) is 15.9 Å². The van der Waals surface area contributed by atoms with Crippen molar-refractivity contribution in [3.05, 3.63) is 51.3 Å². The summed E-state index contributed by atoms with van der Waals surface area (Å²) in [5.41, 5.74) is 2.29. The van der Waals surface area contributed by atoms with E-state index >= 15 is 0 Å². The zero-order valence-electron chi connectivity index (χ0n) is 16.0. The first-order valence-corrected chi connectivity index (χ1v) is 10.8. The quantitative estimate of drug-likeness (QED) is 0.573. The van der Waals surface area contributed by atoms with E-state index in [0.717, 1.165) is 19.4 Å². The number of phenols is 1. The van der Waals surface area contributed by atoms with Crippen molar-refractivity contribution >= 4 is 34.8 Å². The molecule has 3 heterocycles. The summed E-state index contributed by atoms with van der Waals surface area (Å²) in [6.45, 7) is 1.01. The standard InChI is InChI=1S/C17H19NO3.C3Cl3N3/c1-18-7-6-17-10-3-5-13(20)16(17)21-15-12(19)4-2-9(14(15)17)8-11(10)18;4-1-7-2(5)9-3(6)8-1/h2-5,10-11,13,16,19-20H,6-8H2,1H3;/t10-,11+,13-,16-,17-;/m0./s1. The number of rotatable bonds is 0. The first kappa shape index (κ1) is 20.3. The Morgan fingerprint density at radius 2 is 1.77 bits per heavy atom. The molecule has 2 aliphatic heterocycles. The number of hydrogen-bond donors (Lipinski definition) is 2. The van der Waals surface area contributed by atoms with Gasteiger partial charge in [0, 0.05) is 22.9 Å². The molecule has 0 amide bonds. The maximum atomic E-state index is 10.4. The van der Waals surface area contributed by atoms with Gasteiger partial charge in [-0.3, -0.25) is 0 Å². The number of aliphatic hydroxyl groups excluding tert-OH is 1. The Kier molecular flexibility index (Phi) is 4.87. The Labute approximate surface area is 188 Å². The molecule has 2 aliphatic carbocycles. The normalized spacial score (nSPS) is 32.7. The molecule has 30 heavy (non-hydrogen) atoms. The van der Waals surface area contributed by atoms with Crippen molar-refractivity contribution in [1.29, 1.82) is 0 Å².